The first-order chi connectivity index (χ1) is 8.59. The SMILES string of the molecule is Cc1c(Br)cccc1NCc1cccc(F)c1Cl. The van der Waals surface area contributed by atoms with Crippen LogP contribution in [0.3, 0.4) is 0 Å². The Hall–Kier alpha value is -1.06. The molecular formula is C14H12BrClFN. The Kier molecular flexibility index (Phi) is 4.25. The topological polar surface area (TPSA) is 12.0 Å². The minimum atomic E-state index is -0.387. The van der Waals surface area contributed by atoms with Crippen molar-refractivity contribution in [2.75, 3.05) is 5.32 Å². The van der Waals surface area contributed by atoms with Crippen molar-refractivity contribution < 1.29 is 4.39 Å². The summed E-state index contributed by atoms with van der Waals surface area (Å²) >= 11 is 9.38. The molecule has 0 aliphatic rings. The Balaban J connectivity index is 2.17. The summed E-state index contributed by atoms with van der Waals surface area (Å²) in [7, 11) is 0. The molecule has 0 aliphatic heterocycles. The third kappa shape index (κ3) is 2.85. The summed E-state index contributed by atoms with van der Waals surface area (Å²) < 4.78 is 14.3. The van der Waals surface area contributed by atoms with Crippen molar-refractivity contribution in [2.24, 2.45) is 0 Å². The summed E-state index contributed by atoms with van der Waals surface area (Å²) in [5.74, 6) is -0.387. The third-order valence-corrected chi connectivity index (χ3v) is 4.05. The van der Waals surface area contributed by atoms with Gasteiger partial charge in [-0.2, -0.15) is 0 Å². The molecule has 0 heterocycles. The Labute approximate surface area is 119 Å². The van der Waals surface area contributed by atoms with Gasteiger partial charge in [0, 0.05) is 16.7 Å². The van der Waals surface area contributed by atoms with Crippen LogP contribution in [-0.2, 0) is 6.54 Å². The van der Waals surface area contributed by atoms with Gasteiger partial charge in [0.1, 0.15) is 5.82 Å². The first-order valence-corrected chi connectivity index (χ1v) is 6.68. The summed E-state index contributed by atoms with van der Waals surface area (Å²) in [6, 6.07) is 10.7. The molecule has 0 unspecified atom stereocenters. The van der Waals surface area contributed by atoms with Crippen molar-refractivity contribution in [3.05, 3.63) is 62.8 Å². The van der Waals surface area contributed by atoms with E-state index in [2.05, 4.69) is 21.2 Å². The van der Waals surface area contributed by atoms with Crippen LogP contribution in [0.1, 0.15) is 11.1 Å². The van der Waals surface area contributed by atoms with E-state index in [0.29, 0.717) is 6.54 Å². The molecule has 1 nitrogen and oxygen atoms in total. The highest BCUT2D eigenvalue weighted by molar-refractivity contribution is 9.10. The second-order valence-electron chi connectivity index (χ2n) is 3.98. The average Bonchev–Trinajstić information content (AvgIpc) is 2.36. The Morgan fingerprint density at radius 1 is 1.22 bits per heavy atom. The predicted molar refractivity (Wildman–Crippen MR) is 77.6 cm³/mol. The maximum Gasteiger partial charge on any atom is 0.142 e. The van der Waals surface area contributed by atoms with E-state index in [1.165, 1.54) is 6.07 Å². The van der Waals surface area contributed by atoms with Gasteiger partial charge < -0.3 is 5.32 Å². The molecule has 4 heteroatoms. The fraction of sp³-hybridized carbons (Fsp3) is 0.143. The Morgan fingerprint density at radius 3 is 2.72 bits per heavy atom. The van der Waals surface area contributed by atoms with Gasteiger partial charge in [-0.3, -0.25) is 0 Å². The van der Waals surface area contributed by atoms with Gasteiger partial charge in [-0.05, 0) is 36.2 Å². The lowest BCUT2D eigenvalue weighted by atomic mass is 10.1. The summed E-state index contributed by atoms with van der Waals surface area (Å²) in [5, 5.41) is 3.44. The van der Waals surface area contributed by atoms with E-state index in [4.69, 9.17) is 11.6 Å². The lowest BCUT2D eigenvalue weighted by Gasteiger charge is -2.11. The molecule has 18 heavy (non-hydrogen) atoms. The fourth-order valence-corrected chi connectivity index (χ4v) is 2.23. The van der Waals surface area contributed by atoms with Crippen molar-refractivity contribution in [2.45, 2.75) is 13.5 Å². The van der Waals surface area contributed by atoms with Crippen molar-refractivity contribution in [3.8, 4) is 0 Å². The van der Waals surface area contributed by atoms with Crippen LogP contribution in [0.15, 0.2) is 40.9 Å². The van der Waals surface area contributed by atoms with Crippen molar-refractivity contribution in [1.82, 2.24) is 0 Å². The van der Waals surface area contributed by atoms with Crippen molar-refractivity contribution >= 4 is 33.2 Å². The van der Waals surface area contributed by atoms with Gasteiger partial charge in [0.2, 0.25) is 0 Å². The molecule has 2 aromatic rings. The maximum atomic E-state index is 13.3. The van der Waals surface area contributed by atoms with Crippen LogP contribution in [0.5, 0.6) is 0 Å². The molecular weight excluding hydrogens is 317 g/mol. The monoisotopic (exact) mass is 327 g/mol. The summed E-state index contributed by atoms with van der Waals surface area (Å²) in [4.78, 5) is 0. The van der Waals surface area contributed by atoms with Gasteiger partial charge >= 0.3 is 0 Å². The minimum absolute atomic E-state index is 0.178. The normalized spacial score (nSPS) is 10.4. The standard InChI is InChI=1S/C14H12BrClFN/c1-9-11(15)5-3-7-13(9)18-8-10-4-2-6-12(17)14(10)16/h2-7,18H,8H2,1H3. The van der Waals surface area contributed by atoms with Gasteiger partial charge in [0.25, 0.3) is 0 Å². The molecule has 1 N–H and O–H groups in total. The van der Waals surface area contributed by atoms with E-state index < -0.39 is 0 Å². The molecule has 2 rings (SSSR count). The maximum absolute atomic E-state index is 13.3. The molecule has 0 radical (unpaired) electrons. The second-order valence-corrected chi connectivity index (χ2v) is 5.21. The lowest BCUT2D eigenvalue weighted by molar-refractivity contribution is 0.626. The molecule has 0 amide bonds. The zero-order valence-corrected chi connectivity index (χ0v) is 12.1. The smallest absolute Gasteiger partial charge is 0.142 e. The van der Waals surface area contributed by atoms with Crippen LogP contribution in [-0.4, -0.2) is 0 Å². The Morgan fingerprint density at radius 2 is 1.94 bits per heavy atom. The van der Waals surface area contributed by atoms with Crippen LogP contribution in [0.4, 0.5) is 10.1 Å². The van der Waals surface area contributed by atoms with Crippen LogP contribution in [0.25, 0.3) is 0 Å². The van der Waals surface area contributed by atoms with E-state index in [1.54, 1.807) is 6.07 Å². The van der Waals surface area contributed by atoms with Gasteiger partial charge in [-0.1, -0.05) is 45.7 Å². The quantitative estimate of drug-likeness (QED) is 0.820. The molecule has 0 saturated heterocycles. The average molecular weight is 329 g/mol. The predicted octanol–water partition coefficient (Wildman–Crippen LogP) is 5.16. The van der Waals surface area contributed by atoms with E-state index in [1.807, 2.05) is 31.2 Å². The molecule has 0 fully saturated rings. The largest absolute Gasteiger partial charge is 0.381 e. The number of anilines is 1. The van der Waals surface area contributed by atoms with Gasteiger partial charge in [-0.25, -0.2) is 4.39 Å². The summed E-state index contributed by atoms with van der Waals surface area (Å²) in [6.07, 6.45) is 0. The van der Waals surface area contributed by atoms with E-state index in [0.717, 1.165) is 21.3 Å². The molecule has 0 atom stereocenters. The number of hydrogen-bond donors (Lipinski definition) is 1. The third-order valence-electron chi connectivity index (χ3n) is 2.77. The number of rotatable bonds is 3. The van der Waals surface area contributed by atoms with E-state index in [9.17, 15) is 4.39 Å². The van der Waals surface area contributed by atoms with Crippen molar-refractivity contribution in [1.29, 1.82) is 0 Å². The zero-order valence-electron chi connectivity index (χ0n) is 9.81. The minimum Gasteiger partial charge on any atom is -0.381 e. The first-order valence-electron chi connectivity index (χ1n) is 5.51. The highest BCUT2D eigenvalue weighted by Crippen LogP contribution is 2.25. The molecule has 0 aliphatic carbocycles. The Bertz CT molecular complexity index is 520. The first kappa shape index (κ1) is 13.4. The molecule has 2 aromatic carbocycles. The van der Waals surface area contributed by atoms with Crippen LogP contribution in [0.2, 0.25) is 5.02 Å². The number of benzene rings is 2. The highest BCUT2D eigenvalue weighted by Gasteiger charge is 2.06. The fourth-order valence-electron chi connectivity index (χ4n) is 1.67. The van der Waals surface area contributed by atoms with Crippen LogP contribution < -0.4 is 5.32 Å². The zero-order chi connectivity index (χ0) is 13.1. The molecule has 94 valence electrons. The van der Waals surface area contributed by atoms with Crippen molar-refractivity contribution in [3.63, 3.8) is 0 Å². The van der Waals surface area contributed by atoms with E-state index in [-0.39, 0.29) is 10.8 Å². The summed E-state index contributed by atoms with van der Waals surface area (Å²) in [6.45, 7) is 2.51. The molecule has 0 aromatic heterocycles. The van der Waals surface area contributed by atoms with Gasteiger partial charge in [-0.15, -0.1) is 0 Å². The summed E-state index contributed by atoms with van der Waals surface area (Å²) in [5.41, 5.74) is 2.87. The van der Waals surface area contributed by atoms with Gasteiger partial charge in [0.15, 0.2) is 0 Å². The highest BCUT2D eigenvalue weighted by atomic mass is 79.9. The van der Waals surface area contributed by atoms with E-state index >= 15 is 0 Å². The van der Waals surface area contributed by atoms with Crippen LogP contribution >= 0.6 is 27.5 Å². The second kappa shape index (κ2) is 5.72. The number of halogens is 3. The van der Waals surface area contributed by atoms with Crippen LogP contribution in [0, 0.1) is 12.7 Å². The number of nitrogens with one attached hydrogen (secondary N) is 1. The lowest BCUT2D eigenvalue weighted by Crippen LogP contribution is -2.02. The molecule has 0 spiro atoms. The molecule has 0 saturated carbocycles. The molecule has 0 bridgehead atoms. The van der Waals surface area contributed by atoms with Gasteiger partial charge in [0.05, 0.1) is 5.02 Å². The number of hydrogen-bond acceptors (Lipinski definition) is 1.